The Morgan fingerprint density at radius 3 is 1.75 bits per heavy atom. The monoisotopic (exact) mass is 236 g/mol. The molecule has 1 fully saturated rings. The number of hydrogen-bond donors (Lipinski definition) is 4. The van der Waals surface area contributed by atoms with Crippen LogP contribution in [0.4, 0.5) is 0 Å². The first-order chi connectivity index (χ1) is 7.40. The zero-order chi connectivity index (χ0) is 12.5. The Hall–Kier alpha value is -0.730. The molecule has 94 valence electrons. The van der Waals surface area contributed by atoms with Crippen molar-refractivity contribution in [2.75, 3.05) is 7.11 Å². The largest absolute Gasteiger partial charge is 0.457 e. The van der Waals surface area contributed by atoms with Gasteiger partial charge in [0.25, 0.3) is 0 Å². The van der Waals surface area contributed by atoms with Crippen molar-refractivity contribution in [1.29, 1.82) is 0 Å². The minimum atomic E-state index is -1.59. The molecular weight excluding hydrogens is 220 g/mol. The van der Waals surface area contributed by atoms with Crippen molar-refractivity contribution < 1.29 is 34.7 Å². The number of esters is 1. The lowest BCUT2D eigenvalue weighted by molar-refractivity contribution is -0.238. The first-order valence-corrected chi connectivity index (χ1v) is 4.82. The molecule has 0 amide bonds. The highest BCUT2D eigenvalue weighted by Crippen LogP contribution is 2.25. The van der Waals surface area contributed by atoms with Crippen molar-refractivity contribution in [2.45, 2.75) is 43.5 Å². The van der Waals surface area contributed by atoms with E-state index in [2.05, 4.69) is 0 Å². The second kappa shape index (κ2) is 5.07. The van der Waals surface area contributed by atoms with Crippen LogP contribution >= 0.6 is 0 Å². The molecule has 0 radical (unpaired) electrons. The quantitative estimate of drug-likeness (QED) is 0.388. The second-order valence-corrected chi connectivity index (χ2v) is 3.74. The van der Waals surface area contributed by atoms with Crippen LogP contribution in [-0.4, -0.2) is 70.1 Å². The van der Waals surface area contributed by atoms with E-state index in [9.17, 15) is 25.2 Å². The maximum absolute atomic E-state index is 10.8. The Kier molecular flexibility index (Phi) is 4.22. The molecule has 1 rings (SSSR count). The third kappa shape index (κ3) is 2.33. The molecule has 0 unspecified atom stereocenters. The predicted octanol–water partition coefficient (Wildman–Crippen LogP) is -2.61. The van der Waals surface area contributed by atoms with E-state index in [-0.39, 0.29) is 0 Å². The topological polar surface area (TPSA) is 116 Å². The van der Waals surface area contributed by atoms with Crippen molar-refractivity contribution in [1.82, 2.24) is 0 Å². The molecule has 0 saturated heterocycles. The molecule has 0 aromatic heterocycles. The van der Waals surface area contributed by atoms with Gasteiger partial charge in [0.2, 0.25) is 0 Å². The fourth-order valence-electron chi connectivity index (χ4n) is 1.78. The average molecular weight is 236 g/mol. The van der Waals surface area contributed by atoms with Gasteiger partial charge in [-0.3, -0.25) is 4.79 Å². The highest BCUT2D eigenvalue weighted by Gasteiger charge is 2.50. The Labute approximate surface area is 92.2 Å². The smallest absolute Gasteiger partial charge is 0.303 e. The van der Waals surface area contributed by atoms with Crippen LogP contribution in [0.5, 0.6) is 0 Å². The number of rotatable bonds is 2. The number of hydrogen-bond acceptors (Lipinski definition) is 7. The van der Waals surface area contributed by atoms with Gasteiger partial charge >= 0.3 is 5.97 Å². The van der Waals surface area contributed by atoms with Crippen LogP contribution in [-0.2, 0) is 14.3 Å². The van der Waals surface area contributed by atoms with E-state index in [4.69, 9.17) is 9.47 Å². The number of aliphatic hydroxyl groups excluding tert-OH is 4. The summed E-state index contributed by atoms with van der Waals surface area (Å²) in [5.41, 5.74) is 0. The molecule has 7 heteroatoms. The fraction of sp³-hybridized carbons (Fsp3) is 0.889. The first-order valence-electron chi connectivity index (χ1n) is 4.82. The standard InChI is InChI=1S/C9H16O7/c1-3(10)16-9-7(14)5(12)4(11)6(13)8(9)15-2/h4-9,11-14H,1-2H3/t4-,5-,6-,7-,8+,9+/m0/s1. The number of carbonyl (C=O) groups excluding carboxylic acids is 1. The van der Waals surface area contributed by atoms with Crippen molar-refractivity contribution in [3.05, 3.63) is 0 Å². The normalized spacial score (nSPS) is 44.1. The summed E-state index contributed by atoms with van der Waals surface area (Å²) in [6.07, 6.45) is -8.38. The summed E-state index contributed by atoms with van der Waals surface area (Å²) < 4.78 is 9.60. The molecule has 6 atom stereocenters. The van der Waals surface area contributed by atoms with Crippen LogP contribution in [0.15, 0.2) is 0 Å². The number of ether oxygens (including phenoxy) is 2. The van der Waals surface area contributed by atoms with Crippen molar-refractivity contribution >= 4 is 5.97 Å². The average Bonchev–Trinajstić information content (AvgIpc) is 2.23. The summed E-state index contributed by atoms with van der Waals surface area (Å²) in [7, 11) is 1.24. The SMILES string of the molecule is CO[C@@H]1[C@@H](O)[C@@H](O)[C@H](O)[C@H](O)[C@H]1OC(C)=O. The lowest BCUT2D eigenvalue weighted by Gasteiger charge is -2.42. The van der Waals surface area contributed by atoms with Crippen molar-refractivity contribution in [2.24, 2.45) is 0 Å². The van der Waals surface area contributed by atoms with Crippen LogP contribution in [0.25, 0.3) is 0 Å². The van der Waals surface area contributed by atoms with Gasteiger partial charge in [0.15, 0.2) is 6.10 Å². The van der Waals surface area contributed by atoms with Gasteiger partial charge in [-0.25, -0.2) is 0 Å². The van der Waals surface area contributed by atoms with E-state index >= 15 is 0 Å². The van der Waals surface area contributed by atoms with E-state index in [0.29, 0.717) is 0 Å². The Balaban J connectivity index is 2.88. The molecule has 1 aliphatic rings. The molecule has 4 N–H and O–H groups in total. The van der Waals surface area contributed by atoms with Gasteiger partial charge in [0, 0.05) is 14.0 Å². The zero-order valence-corrected chi connectivity index (χ0v) is 8.98. The van der Waals surface area contributed by atoms with E-state index < -0.39 is 42.6 Å². The molecule has 1 aliphatic carbocycles. The third-order valence-electron chi connectivity index (χ3n) is 2.62. The fourth-order valence-corrected chi connectivity index (χ4v) is 1.78. The molecule has 7 nitrogen and oxygen atoms in total. The molecule has 16 heavy (non-hydrogen) atoms. The summed E-state index contributed by atoms with van der Waals surface area (Å²) in [6, 6.07) is 0. The maximum atomic E-state index is 10.8. The molecule has 0 aromatic rings. The van der Waals surface area contributed by atoms with Gasteiger partial charge in [-0.2, -0.15) is 0 Å². The minimum absolute atomic E-state index is 0.679. The van der Waals surface area contributed by atoms with Crippen LogP contribution in [0.3, 0.4) is 0 Å². The van der Waals surface area contributed by atoms with Crippen LogP contribution in [0.2, 0.25) is 0 Å². The van der Waals surface area contributed by atoms with Gasteiger partial charge in [0.05, 0.1) is 0 Å². The summed E-state index contributed by atoms with van der Waals surface area (Å²) in [5, 5.41) is 38.0. The van der Waals surface area contributed by atoms with Crippen molar-refractivity contribution in [3.8, 4) is 0 Å². The van der Waals surface area contributed by atoms with E-state index in [1.165, 1.54) is 7.11 Å². The highest BCUT2D eigenvalue weighted by molar-refractivity contribution is 5.66. The van der Waals surface area contributed by atoms with Crippen LogP contribution in [0.1, 0.15) is 6.92 Å². The predicted molar refractivity (Wildman–Crippen MR) is 50.4 cm³/mol. The maximum Gasteiger partial charge on any atom is 0.303 e. The molecule has 1 saturated carbocycles. The molecular formula is C9H16O7. The Morgan fingerprint density at radius 1 is 0.938 bits per heavy atom. The van der Waals surface area contributed by atoms with Crippen molar-refractivity contribution in [3.63, 3.8) is 0 Å². The molecule has 0 spiro atoms. The minimum Gasteiger partial charge on any atom is -0.457 e. The zero-order valence-electron chi connectivity index (χ0n) is 8.98. The summed E-state index contributed by atoms with van der Waals surface area (Å²) in [4.78, 5) is 10.8. The van der Waals surface area contributed by atoms with Gasteiger partial charge in [0.1, 0.15) is 30.5 Å². The molecule has 0 aromatic carbocycles. The number of aliphatic hydroxyl groups is 4. The summed E-state index contributed by atoms with van der Waals surface area (Å²) in [5.74, 6) is -0.679. The molecule has 0 bridgehead atoms. The summed E-state index contributed by atoms with van der Waals surface area (Å²) in [6.45, 7) is 1.13. The Bertz CT molecular complexity index is 256. The lowest BCUT2D eigenvalue weighted by Crippen LogP contribution is -2.65. The van der Waals surface area contributed by atoms with Gasteiger partial charge in [-0.15, -0.1) is 0 Å². The number of methoxy groups -OCH3 is 1. The third-order valence-corrected chi connectivity index (χ3v) is 2.62. The van der Waals surface area contributed by atoms with Gasteiger partial charge in [-0.1, -0.05) is 0 Å². The summed E-state index contributed by atoms with van der Waals surface area (Å²) >= 11 is 0. The van der Waals surface area contributed by atoms with Crippen LogP contribution in [0, 0.1) is 0 Å². The van der Waals surface area contributed by atoms with Gasteiger partial charge < -0.3 is 29.9 Å². The first kappa shape index (κ1) is 13.3. The lowest BCUT2D eigenvalue weighted by atomic mass is 9.84. The molecule has 0 aliphatic heterocycles. The van der Waals surface area contributed by atoms with Gasteiger partial charge in [-0.05, 0) is 0 Å². The van der Waals surface area contributed by atoms with E-state index in [0.717, 1.165) is 6.92 Å². The molecule has 0 heterocycles. The van der Waals surface area contributed by atoms with Crippen LogP contribution < -0.4 is 0 Å². The number of carbonyl (C=O) groups is 1. The van der Waals surface area contributed by atoms with E-state index in [1.54, 1.807) is 0 Å². The van der Waals surface area contributed by atoms with E-state index in [1.807, 2.05) is 0 Å². The second-order valence-electron chi connectivity index (χ2n) is 3.74. The Morgan fingerprint density at radius 2 is 1.38 bits per heavy atom. The highest BCUT2D eigenvalue weighted by atomic mass is 16.6.